The smallest absolute Gasteiger partial charge is 0.407 e. The molecule has 0 bridgehead atoms. The first kappa shape index (κ1) is 11.8. The van der Waals surface area contributed by atoms with Crippen molar-refractivity contribution < 1.29 is 18.3 Å². The van der Waals surface area contributed by atoms with Crippen molar-refractivity contribution >= 4 is 6.09 Å². The number of carbonyl (C=O) groups is 1. The molecule has 1 heterocycles. The number of hydrogen-bond acceptors (Lipinski definition) is 2. The van der Waals surface area contributed by atoms with Gasteiger partial charge < -0.3 is 10.1 Å². The van der Waals surface area contributed by atoms with Crippen LogP contribution in [0, 0.1) is 17.0 Å². The zero-order valence-electron chi connectivity index (χ0n) is 9.59. The van der Waals surface area contributed by atoms with E-state index in [2.05, 4.69) is 5.32 Å². The minimum Gasteiger partial charge on any atom is -0.449 e. The van der Waals surface area contributed by atoms with E-state index in [9.17, 15) is 13.6 Å². The van der Waals surface area contributed by atoms with Crippen LogP contribution in [-0.2, 0) is 4.74 Å². The van der Waals surface area contributed by atoms with Gasteiger partial charge in [0.05, 0.1) is 6.04 Å². The standard InChI is InChI=1S/C12H13F2NO2/c1-12(2)6-17-11(16)15-10(12)8-4-3-7(13)5-9(8)14/h3-5,10H,6H2,1-2H3,(H,15,16)/t10-/m1/s1. The third-order valence-electron chi connectivity index (χ3n) is 2.89. The molecule has 0 aliphatic carbocycles. The molecule has 1 fully saturated rings. The minimum absolute atomic E-state index is 0.195. The zero-order valence-corrected chi connectivity index (χ0v) is 9.59. The fourth-order valence-corrected chi connectivity index (χ4v) is 1.92. The van der Waals surface area contributed by atoms with Gasteiger partial charge in [0.2, 0.25) is 0 Å². The van der Waals surface area contributed by atoms with E-state index in [1.54, 1.807) is 0 Å². The summed E-state index contributed by atoms with van der Waals surface area (Å²) < 4.78 is 31.4. The van der Waals surface area contributed by atoms with Gasteiger partial charge in [-0.1, -0.05) is 19.9 Å². The Bertz CT molecular complexity index is 460. The van der Waals surface area contributed by atoms with Crippen molar-refractivity contribution in [2.24, 2.45) is 5.41 Å². The normalized spacial score (nSPS) is 22.8. The maximum Gasteiger partial charge on any atom is 0.407 e. The van der Waals surface area contributed by atoms with E-state index in [4.69, 9.17) is 4.74 Å². The van der Waals surface area contributed by atoms with Crippen molar-refractivity contribution in [3.05, 3.63) is 35.4 Å². The van der Waals surface area contributed by atoms with Crippen molar-refractivity contribution in [3.8, 4) is 0 Å². The van der Waals surface area contributed by atoms with Gasteiger partial charge in [0.25, 0.3) is 0 Å². The van der Waals surface area contributed by atoms with Gasteiger partial charge in [-0.3, -0.25) is 0 Å². The highest BCUT2D eigenvalue weighted by atomic mass is 19.1. The maximum absolute atomic E-state index is 13.7. The van der Waals surface area contributed by atoms with Crippen LogP contribution in [0.3, 0.4) is 0 Å². The minimum atomic E-state index is -0.662. The van der Waals surface area contributed by atoms with Crippen molar-refractivity contribution in [2.45, 2.75) is 19.9 Å². The molecule has 1 aromatic rings. The first-order valence-corrected chi connectivity index (χ1v) is 5.28. The van der Waals surface area contributed by atoms with Crippen LogP contribution < -0.4 is 5.32 Å². The SMILES string of the molecule is CC1(C)COC(=O)N[C@@H]1c1ccc(F)cc1F. The largest absolute Gasteiger partial charge is 0.449 e. The Hall–Kier alpha value is -1.65. The number of rotatable bonds is 1. The molecule has 2 rings (SSSR count). The highest BCUT2D eigenvalue weighted by Gasteiger charge is 2.39. The number of amides is 1. The van der Waals surface area contributed by atoms with Crippen molar-refractivity contribution in [1.82, 2.24) is 5.32 Å². The number of benzene rings is 1. The number of hydrogen-bond donors (Lipinski definition) is 1. The molecule has 0 radical (unpaired) electrons. The molecule has 1 aromatic carbocycles. The molecule has 1 atom stereocenters. The van der Waals surface area contributed by atoms with E-state index in [0.29, 0.717) is 0 Å². The summed E-state index contributed by atoms with van der Waals surface area (Å²) in [6, 6.07) is 2.82. The number of halogens is 2. The molecular formula is C12H13F2NO2. The van der Waals surface area contributed by atoms with Gasteiger partial charge in [0.1, 0.15) is 18.2 Å². The van der Waals surface area contributed by atoms with Gasteiger partial charge in [-0.05, 0) is 6.07 Å². The number of ether oxygens (including phenoxy) is 1. The molecule has 3 nitrogen and oxygen atoms in total. The second-order valence-electron chi connectivity index (χ2n) is 4.81. The van der Waals surface area contributed by atoms with Gasteiger partial charge in [-0.2, -0.15) is 0 Å². The lowest BCUT2D eigenvalue weighted by Gasteiger charge is -2.38. The predicted molar refractivity (Wildman–Crippen MR) is 57.4 cm³/mol. The van der Waals surface area contributed by atoms with Gasteiger partial charge >= 0.3 is 6.09 Å². The number of carbonyl (C=O) groups excluding carboxylic acids is 1. The average molecular weight is 241 g/mol. The lowest BCUT2D eigenvalue weighted by molar-refractivity contribution is 0.0377. The van der Waals surface area contributed by atoms with E-state index in [1.165, 1.54) is 12.1 Å². The molecular weight excluding hydrogens is 228 g/mol. The number of nitrogens with one attached hydrogen (secondary N) is 1. The van der Waals surface area contributed by atoms with Crippen LogP contribution in [0.25, 0.3) is 0 Å². The van der Waals surface area contributed by atoms with E-state index in [1.807, 2.05) is 13.8 Å². The summed E-state index contributed by atoms with van der Waals surface area (Å²) in [5.41, 5.74) is -0.180. The Balaban J connectivity index is 2.39. The Morgan fingerprint density at radius 2 is 2.12 bits per heavy atom. The Morgan fingerprint density at radius 3 is 2.76 bits per heavy atom. The van der Waals surface area contributed by atoms with Crippen LogP contribution >= 0.6 is 0 Å². The summed E-state index contributed by atoms with van der Waals surface area (Å²) in [5, 5.41) is 2.56. The molecule has 0 aromatic heterocycles. The molecule has 17 heavy (non-hydrogen) atoms. The lowest BCUT2D eigenvalue weighted by atomic mass is 9.80. The summed E-state index contributed by atoms with van der Waals surface area (Å²) >= 11 is 0. The van der Waals surface area contributed by atoms with Crippen molar-refractivity contribution in [3.63, 3.8) is 0 Å². The van der Waals surface area contributed by atoms with Gasteiger partial charge in [-0.15, -0.1) is 0 Å². The van der Waals surface area contributed by atoms with E-state index in [0.717, 1.165) is 6.07 Å². The summed E-state index contributed by atoms with van der Waals surface area (Å²) in [6.07, 6.45) is -0.585. The summed E-state index contributed by atoms with van der Waals surface area (Å²) in [4.78, 5) is 11.2. The first-order chi connectivity index (χ1) is 7.90. The third kappa shape index (κ3) is 2.23. The summed E-state index contributed by atoms with van der Waals surface area (Å²) in [6.45, 7) is 3.89. The molecule has 1 N–H and O–H groups in total. The highest BCUT2D eigenvalue weighted by Crippen LogP contribution is 2.37. The highest BCUT2D eigenvalue weighted by molar-refractivity contribution is 5.69. The monoisotopic (exact) mass is 241 g/mol. The molecule has 5 heteroatoms. The second kappa shape index (κ2) is 3.98. The number of alkyl carbamates (subject to hydrolysis) is 1. The summed E-state index contributed by atoms with van der Waals surface area (Å²) in [7, 11) is 0. The first-order valence-electron chi connectivity index (χ1n) is 5.28. The zero-order chi connectivity index (χ0) is 12.6. The topological polar surface area (TPSA) is 38.3 Å². The fraction of sp³-hybridized carbons (Fsp3) is 0.417. The maximum atomic E-state index is 13.7. The summed E-state index contributed by atoms with van der Waals surface area (Å²) in [5.74, 6) is -1.30. The third-order valence-corrected chi connectivity index (χ3v) is 2.89. The Morgan fingerprint density at radius 1 is 1.41 bits per heavy atom. The van der Waals surface area contributed by atoms with Gasteiger partial charge in [0.15, 0.2) is 0 Å². The molecule has 0 unspecified atom stereocenters. The van der Waals surface area contributed by atoms with E-state index < -0.39 is 29.2 Å². The van der Waals surface area contributed by atoms with Crippen molar-refractivity contribution in [1.29, 1.82) is 0 Å². The van der Waals surface area contributed by atoms with E-state index in [-0.39, 0.29) is 12.2 Å². The average Bonchev–Trinajstić information content (AvgIpc) is 2.23. The van der Waals surface area contributed by atoms with Gasteiger partial charge in [-0.25, -0.2) is 13.6 Å². The molecule has 1 aliphatic heterocycles. The quantitative estimate of drug-likeness (QED) is 0.821. The van der Waals surface area contributed by atoms with Crippen LogP contribution in [0.15, 0.2) is 18.2 Å². The lowest BCUT2D eigenvalue weighted by Crippen LogP contribution is -2.47. The second-order valence-corrected chi connectivity index (χ2v) is 4.81. The van der Waals surface area contributed by atoms with Crippen LogP contribution in [0.2, 0.25) is 0 Å². The Kier molecular flexibility index (Phi) is 2.77. The van der Waals surface area contributed by atoms with Gasteiger partial charge in [0, 0.05) is 17.0 Å². The Labute approximate surface area is 97.8 Å². The van der Waals surface area contributed by atoms with E-state index >= 15 is 0 Å². The van der Waals surface area contributed by atoms with Crippen LogP contribution in [0.5, 0.6) is 0 Å². The number of cyclic esters (lactones) is 1. The molecule has 0 saturated carbocycles. The van der Waals surface area contributed by atoms with Crippen LogP contribution in [-0.4, -0.2) is 12.7 Å². The predicted octanol–water partition coefficient (Wildman–Crippen LogP) is 2.77. The molecule has 92 valence electrons. The molecule has 1 aliphatic rings. The fourth-order valence-electron chi connectivity index (χ4n) is 1.92. The molecule has 1 amide bonds. The molecule has 1 saturated heterocycles. The van der Waals surface area contributed by atoms with Crippen LogP contribution in [0.1, 0.15) is 25.5 Å². The van der Waals surface area contributed by atoms with Crippen molar-refractivity contribution in [2.75, 3.05) is 6.61 Å². The molecule has 0 spiro atoms. The van der Waals surface area contributed by atoms with Crippen LogP contribution in [0.4, 0.5) is 13.6 Å².